The number of aryl methyl sites for hydroxylation is 1. The number of imidazole rings is 1. The minimum absolute atomic E-state index is 0.0618. The highest BCUT2D eigenvalue weighted by molar-refractivity contribution is 5.85. The summed E-state index contributed by atoms with van der Waals surface area (Å²) in [6.07, 6.45) is 6.62. The molecule has 2 fully saturated rings. The summed E-state index contributed by atoms with van der Waals surface area (Å²) in [4.78, 5) is 25.7. The number of hydrogen-bond donors (Lipinski definition) is 1. The molecule has 1 atom stereocenters. The van der Waals surface area contributed by atoms with Crippen molar-refractivity contribution in [3.63, 3.8) is 0 Å². The van der Waals surface area contributed by atoms with Gasteiger partial charge in [-0.15, -0.1) is 0 Å². The Balaban J connectivity index is 1.22. The van der Waals surface area contributed by atoms with E-state index in [9.17, 15) is 4.79 Å². The van der Waals surface area contributed by atoms with Gasteiger partial charge in [0.25, 0.3) is 0 Å². The number of nitrogens with zero attached hydrogens (tertiary/aromatic N) is 6. The number of nitrogens with one attached hydrogen (secondary N) is 1. The van der Waals surface area contributed by atoms with E-state index >= 15 is 0 Å². The highest BCUT2D eigenvalue weighted by atomic mass is 16.5. The molecule has 10 nitrogen and oxygen atoms in total. The summed E-state index contributed by atoms with van der Waals surface area (Å²) in [6, 6.07) is 7.84. The second-order valence-electron chi connectivity index (χ2n) is 11.3. The normalized spacial score (nSPS) is 17.7. The minimum atomic E-state index is -0.0618. The number of rotatable bonds is 8. The molecule has 1 saturated carbocycles. The number of ketones is 1. The lowest BCUT2D eigenvalue weighted by atomic mass is 9.91. The fourth-order valence-corrected chi connectivity index (χ4v) is 4.82. The summed E-state index contributed by atoms with van der Waals surface area (Å²) in [7, 11) is 1.93. The molecule has 1 N–H and O–H groups in total. The number of fused-ring (bicyclic) bond motifs is 1. The van der Waals surface area contributed by atoms with Crippen molar-refractivity contribution in [2.45, 2.75) is 57.9 Å². The molecule has 38 heavy (non-hydrogen) atoms. The van der Waals surface area contributed by atoms with E-state index in [4.69, 9.17) is 14.6 Å². The molecule has 1 saturated heterocycles. The van der Waals surface area contributed by atoms with E-state index in [1.165, 1.54) is 0 Å². The first-order valence-corrected chi connectivity index (χ1v) is 13.2. The van der Waals surface area contributed by atoms with Gasteiger partial charge < -0.3 is 19.4 Å². The van der Waals surface area contributed by atoms with E-state index in [1.807, 2.05) is 23.7 Å². The molecule has 4 aromatic rings. The van der Waals surface area contributed by atoms with Gasteiger partial charge in [-0.1, -0.05) is 20.8 Å². The van der Waals surface area contributed by atoms with Gasteiger partial charge in [-0.05, 0) is 25.3 Å². The molecule has 1 aliphatic carbocycles. The lowest BCUT2D eigenvalue weighted by molar-refractivity contribution is -0.119. The van der Waals surface area contributed by atoms with Gasteiger partial charge in [-0.3, -0.25) is 14.5 Å². The largest absolute Gasteiger partial charge is 0.456 e. The van der Waals surface area contributed by atoms with Crippen LogP contribution in [0.2, 0.25) is 0 Å². The minimum Gasteiger partial charge on any atom is -0.456 e. The molecule has 0 aromatic carbocycles. The van der Waals surface area contributed by atoms with E-state index in [0.29, 0.717) is 36.1 Å². The highest BCUT2D eigenvalue weighted by Gasteiger charge is 2.30. The van der Waals surface area contributed by atoms with Crippen LogP contribution in [0.5, 0.6) is 11.5 Å². The SMILES string of the molecule is Cn1c(Nc2cc(C(C)(C)C)n([C@H]3CCOC3)n2)nc2ncc(Oc3ccnc(CC(=O)C4CC4)c3)cc21. The number of Topliss-reactive ketones (excluding diaryl/α,β-unsaturated/α-hetero) is 1. The van der Waals surface area contributed by atoms with Crippen LogP contribution >= 0.6 is 0 Å². The van der Waals surface area contributed by atoms with Gasteiger partial charge in [-0.2, -0.15) is 10.1 Å². The van der Waals surface area contributed by atoms with Crippen LogP contribution in [0.15, 0.2) is 36.7 Å². The fraction of sp³-hybridized carbons (Fsp3) is 0.464. The second kappa shape index (κ2) is 9.50. The maximum absolute atomic E-state index is 12.2. The van der Waals surface area contributed by atoms with E-state index in [2.05, 4.69) is 51.8 Å². The average Bonchev–Trinajstić information content (AvgIpc) is 3.27. The highest BCUT2D eigenvalue weighted by Crippen LogP contribution is 2.33. The van der Waals surface area contributed by atoms with Crippen molar-refractivity contribution in [3.05, 3.63) is 48.0 Å². The topological polar surface area (TPSA) is 109 Å². The van der Waals surface area contributed by atoms with Crippen molar-refractivity contribution in [1.29, 1.82) is 0 Å². The first-order chi connectivity index (χ1) is 18.2. The molecular formula is C28H33N7O3. The average molecular weight is 516 g/mol. The predicted molar refractivity (Wildman–Crippen MR) is 143 cm³/mol. The quantitative estimate of drug-likeness (QED) is 0.354. The van der Waals surface area contributed by atoms with Crippen LogP contribution in [-0.2, 0) is 28.4 Å². The van der Waals surface area contributed by atoms with Gasteiger partial charge in [-0.25, -0.2) is 4.98 Å². The van der Waals surface area contributed by atoms with Crippen molar-refractivity contribution >= 4 is 28.7 Å². The summed E-state index contributed by atoms with van der Waals surface area (Å²) in [5.74, 6) is 3.05. The van der Waals surface area contributed by atoms with Crippen LogP contribution in [-0.4, -0.2) is 48.3 Å². The summed E-state index contributed by atoms with van der Waals surface area (Å²) in [6.45, 7) is 8.02. The molecule has 6 rings (SSSR count). The maximum Gasteiger partial charge on any atom is 0.210 e. The van der Waals surface area contributed by atoms with Crippen molar-refractivity contribution in [1.82, 2.24) is 29.3 Å². The van der Waals surface area contributed by atoms with Crippen molar-refractivity contribution in [2.24, 2.45) is 13.0 Å². The van der Waals surface area contributed by atoms with Crippen LogP contribution in [0.25, 0.3) is 11.2 Å². The molecule has 4 aromatic heterocycles. The number of carbonyl (C=O) groups excluding carboxylic acids is 1. The lowest BCUT2D eigenvalue weighted by Crippen LogP contribution is -2.22. The first kappa shape index (κ1) is 24.5. The maximum atomic E-state index is 12.2. The number of pyridine rings is 2. The monoisotopic (exact) mass is 515 g/mol. The molecule has 0 bridgehead atoms. The Bertz CT molecular complexity index is 1490. The summed E-state index contributed by atoms with van der Waals surface area (Å²) in [5.41, 5.74) is 3.24. The molecule has 0 unspecified atom stereocenters. The summed E-state index contributed by atoms with van der Waals surface area (Å²) >= 11 is 0. The third kappa shape index (κ3) is 5.00. The number of hydrogen-bond acceptors (Lipinski definition) is 8. The first-order valence-electron chi connectivity index (χ1n) is 13.2. The standard InChI is InChI=1S/C28H33N7O3/c1-28(2,3)24-14-25(33-35(24)19-8-10-37-16-19)31-27-32-26-22(34(27)4)13-21(15-30-26)38-20-7-9-29-18(11-20)12-23(36)17-5-6-17/h7,9,11,13-15,17,19H,5-6,8,10,12,16H2,1-4H3,(H,30,31,32,33)/t19-/m0/s1. The predicted octanol–water partition coefficient (Wildman–Crippen LogP) is 4.88. The fourth-order valence-electron chi connectivity index (χ4n) is 4.82. The van der Waals surface area contributed by atoms with Gasteiger partial charge >= 0.3 is 0 Å². The number of ether oxygens (including phenoxy) is 2. The van der Waals surface area contributed by atoms with Crippen LogP contribution in [0.4, 0.5) is 11.8 Å². The zero-order chi connectivity index (χ0) is 26.4. The molecule has 0 amide bonds. The van der Waals surface area contributed by atoms with Crippen LogP contribution in [0.1, 0.15) is 57.5 Å². The van der Waals surface area contributed by atoms with Crippen LogP contribution in [0.3, 0.4) is 0 Å². The van der Waals surface area contributed by atoms with Gasteiger partial charge in [0.2, 0.25) is 5.95 Å². The molecule has 1 aliphatic heterocycles. The van der Waals surface area contributed by atoms with Gasteiger partial charge in [0.05, 0.1) is 30.1 Å². The Hall–Kier alpha value is -3.79. The number of aromatic nitrogens is 6. The van der Waals surface area contributed by atoms with Crippen molar-refractivity contribution < 1.29 is 14.3 Å². The van der Waals surface area contributed by atoms with Gasteiger partial charge in [0.1, 0.15) is 17.3 Å². The molecule has 5 heterocycles. The van der Waals surface area contributed by atoms with Crippen LogP contribution in [0, 0.1) is 5.92 Å². The Morgan fingerprint density at radius 2 is 2.00 bits per heavy atom. The van der Waals surface area contributed by atoms with E-state index in [-0.39, 0.29) is 23.2 Å². The zero-order valence-corrected chi connectivity index (χ0v) is 22.3. The van der Waals surface area contributed by atoms with Gasteiger partial charge in [0, 0.05) is 61.5 Å². The summed E-state index contributed by atoms with van der Waals surface area (Å²) < 4.78 is 15.7. The molecule has 10 heteroatoms. The third-order valence-corrected chi connectivity index (χ3v) is 7.12. The lowest BCUT2D eigenvalue weighted by Gasteiger charge is -2.22. The number of anilines is 2. The smallest absolute Gasteiger partial charge is 0.210 e. The molecule has 0 radical (unpaired) electrons. The number of carbonyl (C=O) groups is 1. The van der Waals surface area contributed by atoms with E-state index in [1.54, 1.807) is 18.5 Å². The Kier molecular flexibility index (Phi) is 6.14. The Morgan fingerprint density at radius 1 is 1.16 bits per heavy atom. The molecule has 2 aliphatic rings. The van der Waals surface area contributed by atoms with Gasteiger partial charge in [0.15, 0.2) is 11.5 Å². The van der Waals surface area contributed by atoms with Crippen LogP contribution < -0.4 is 10.1 Å². The zero-order valence-electron chi connectivity index (χ0n) is 22.3. The Morgan fingerprint density at radius 3 is 2.74 bits per heavy atom. The summed E-state index contributed by atoms with van der Waals surface area (Å²) in [5, 5.41) is 8.26. The third-order valence-electron chi connectivity index (χ3n) is 7.12. The Labute approximate surface area is 221 Å². The molecule has 0 spiro atoms. The van der Waals surface area contributed by atoms with Crippen molar-refractivity contribution in [2.75, 3.05) is 18.5 Å². The van der Waals surface area contributed by atoms with E-state index in [0.717, 1.165) is 48.6 Å². The molecular weight excluding hydrogens is 482 g/mol. The second-order valence-corrected chi connectivity index (χ2v) is 11.3. The van der Waals surface area contributed by atoms with Crippen molar-refractivity contribution in [3.8, 4) is 11.5 Å². The molecule has 198 valence electrons. The van der Waals surface area contributed by atoms with E-state index < -0.39 is 0 Å².